The van der Waals surface area contributed by atoms with Crippen LogP contribution >= 0.6 is 0 Å². The molecule has 3 aliphatic rings. The van der Waals surface area contributed by atoms with Gasteiger partial charge in [-0.25, -0.2) is 14.3 Å². The van der Waals surface area contributed by atoms with Crippen molar-refractivity contribution in [1.29, 1.82) is 0 Å². The molecule has 2 saturated carbocycles. The molecular formula is C19H31N5O2. The second kappa shape index (κ2) is 7.45. The molecule has 1 aliphatic heterocycles. The van der Waals surface area contributed by atoms with E-state index in [-0.39, 0.29) is 23.7 Å². The molecule has 2 heterocycles. The third kappa shape index (κ3) is 3.40. The number of urea groups is 1. The number of hydrogen-bond donors (Lipinski definition) is 1. The molecule has 1 unspecified atom stereocenters. The first-order chi connectivity index (χ1) is 12.6. The van der Waals surface area contributed by atoms with E-state index in [2.05, 4.69) is 10.4 Å². The molecule has 4 rings (SSSR count). The van der Waals surface area contributed by atoms with Crippen LogP contribution in [0.25, 0.3) is 0 Å². The molecule has 2 amide bonds. The average Bonchev–Trinajstić information content (AvgIpc) is 3.38. The summed E-state index contributed by atoms with van der Waals surface area (Å²) in [6.45, 7) is 1.47. The predicted molar refractivity (Wildman–Crippen MR) is 99.3 cm³/mol. The van der Waals surface area contributed by atoms with Gasteiger partial charge in [0.1, 0.15) is 5.82 Å². The van der Waals surface area contributed by atoms with Crippen LogP contribution in [0.5, 0.6) is 0 Å². The Morgan fingerprint density at radius 1 is 1.04 bits per heavy atom. The normalized spacial score (nSPS) is 25.1. The third-order valence-electron chi connectivity index (χ3n) is 6.43. The Morgan fingerprint density at radius 3 is 2.46 bits per heavy atom. The van der Waals surface area contributed by atoms with Gasteiger partial charge in [-0.15, -0.1) is 0 Å². The number of aryl methyl sites for hydroxylation is 1. The summed E-state index contributed by atoms with van der Waals surface area (Å²) in [5.41, 5.74) is -0.000527. The molecule has 0 aromatic carbocycles. The van der Waals surface area contributed by atoms with Gasteiger partial charge >= 0.3 is 11.7 Å². The number of carbonyl (C=O) groups excluding carboxylic acids is 1. The zero-order valence-electron chi connectivity index (χ0n) is 15.8. The number of amides is 2. The number of aromatic nitrogens is 3. The second-order valence-electron chi connectivity index (χ2n) is 8.29. The van der Waals surface area contributed by atoms with Crippen LogP contribution in [0.3, 0.4) is 0 Å². The van der Waals surface area contributed by atoms with E-state index in [0.29, 0.717) is 12.6 Å². The molecule has 3 fully saturated rings. The lowest BCUT2D eigenvalue weighted by molar-refractivity contribution is 0.173. The number of likely N-dealkylation sites (tertiary alicyclic amines) is 1. The Kier molecular flexibility index (Phi) is 5.05. The molecule has 2 aliphatic carbocycles. The quantitative estimate of drug-likeness (QED) is 0.899. The fraction of sp³-hybridized carbons (Fsp3) is 0.842. The predicted octanol–water partition coefficient (Wildman–Crippen LogP) is 2.53. The Hall–Kier alpha value is -1.79. The highest BCUT2D eigenvalue weighted by atomic mass is 16.2. The molecule has 1 saturated heterocycles. The first-order valence-electron chi connectivity index (χ1n) is 10.3. The van der Waals surface area contributed by atoms with E-state index < -0.39 is 0 Å². The van der Waals surface area contributed by atoms with Gasteiger partial charge in [0.05, 0.1) is 0 Å². The first-order valence-corrected chi connectivity index (χ1v) is 10.3. The van der Waals surface area contributed by atoms with Crippen LogP contribution in [0.15, 0.2) is 4.79 Å². The molecule has 26 heavy (non-hydrogen) atoms. The molecule has 0 bridgehead atoms. The van der Waals surface area contributed by atoms with Crippen LogP contribution in [0.4, 0.5) is 4.79 Å². The van der Waals surface area contributed by atoms with Gasteiger partial charge in [-0.2, -0.15) is 5.10 Å². The van der Waals surface area contributed by atoms with Crippen LogP contribution in [-0.4, -0.2) is 44.4 Å². The summed E-state index contributed by atoms with van der Waals surface area (Å²) in [7, 11) is 1.74. The summed E-state index contributed by atoms with van der Waals surface area (Å²) < 4.78 is 3.42. The van der Waals surface area contributed by atoms with Crippen molar-refractivity contribution < 1.29 is 4.79 Å². The SMILES string of the molecule is Cn1nc(C2CCCN(C(=O)NC3CCCC3)C2)n(C2CCCC2)c1=O. The molecule has 7 nitrogen and oxygen atoms in total. The van der Waals surface area contributed by atoms with E-state index in [1.165, 1.54) is 30.4 Å². The first kappa shape index (κ1) is 17.6. The van der Waals surface area contributed by atoms with Gasteiger partial charge in [-0.1, -0.05) is 25.7 Å². The molecular weight excluding hydrogens is 330 g/mol. The minimum Gasteiger partial charge on any atom is -0.335 e. The number of nitrogens with one attached hydrogen (secondary N) is 1. The number of piperidine rings is 1. The van der Waals surface area contributed by atoms with Crippen molar-refractivity contribution in [2.75, 3.05) is 13.1 Å². The van der Waals surface area contributed by atoms with E-state index >= 15 is 0 Å². The fourth-order valence-corrected chi connectivity index (χ4v) is 4.99. The van der Waals surface area contributed by atoms with Gasteiger partial charge in [0, 0.05) is 38.1 Å². The lowest BCUT2D eigenvalue weighted by atomic mass is 9.97. The maximum Gasteiger partial charge on any atom is 0.345 e. The van der Waals surface area contributed by atoms with Crippen LogP contribution in [0.2, 0.25) is 0 Å². The Balaban J connectivity index is 1.50. The van der Waals surface area contributed by atoms with E-state index in [1.54, 1.807) is 7.05 Å². The van der Waals surface area contributed by atoms with Gasteiger partial charge in [0.15, 0.2) is 0 Å². The monoisotopic (exact) mass is 361 g/mol. The number of carbonyl (C=O) groups is 1. The molecule has 144 valence electrons. The van der Waals surface area contributed by atoms with Gasteiger partial charge in [0.25, 0.3) is 0 Å². The van der Waals surface area contributed by atoms with Crippen LogP contribution in [-0.2, 0) is 7.05 Å². The molecule has 0 spiro atoms. The summed E-state index contributed by atoms with van der Waals surface area (Å²) in [5.74, 6) is 1.05. The van der Waals surface area contributed by atoms with Crippen molar-refractivity contribution in [2.45, 2.75) is 82.2 Å². The van der Waals surface area contributed by atoms with Crippen LogP contribution in [0.1, 0.15) is 82.0 Å². The third-order valence-corrected chi connectivity index (χ3v) is 6.43. The smallest absolute Gasteiger partial charge is 0.335 e. The lowest BCUT2D eigenvalue weighted by Crippen LogP contribution is -2.48. The van der Waals surface area contributed by atoms with Crippen molar-refractivity contribution in [1.82, 2.24) is 24.6 Å². The summed E-state index contributed by atoms with van der Waals surface area (Å²) in [6.07, 6.45) is 11.1. The lowest BCUT2D eigenvalue weighted by Gasteiger charge is -2.33. The minimum absolute atomic E-state index is 0.000527. The Morgan fingerprint density at radius 2 is 1.73 bits per heavy atom. The fourth-order valence-electron chi connectivity index (χ4n) is 4.99. The Labute approximate surface area is 154 Å². The number of hydrogen-bond acceptors (Lipinski definition) is 3. The van der Waals surface area contributed by atoms with Crippen LogP contribution < -0.4 is 11.0 Å². The zero-order valence-corrected chi connectivity index (χ0v) is 15.8. The van der Waals surface area contributed by atoms with Crippen molar-refractivity contribution in [3.05, 3.63) is 16.3 Å². The van der Waals surface area contributed by atoms with Gasteiger partial charge < -0.3 is 10.2 Å². The zero-order chi connectivity index (χ0) is 18.1. The van der Waals surface area contributed by atoms with Gasteiger partial charge in [0.2, 0.25) is 0 Å². The summed E-state index contributed by atoms with van der Waals surface area (Å²) in [4.78, 5) is 27.2. The maximum absolute atomic E-state index is 12.7. The highest BCUT2D eigenvalue weighted by Crippen LogP contribution is 2.33. The van der Waals surface area contributed by atoms with E-state index in [4.69, 9.17) is 0 Å². The Bertz CT molecular complexity index is 697. The largest absolute Gasteiger partial charge is 0.345 e. The second-order valence-corrected chi connectivity index (χ2v) is 8.29. The van der Waals surface area contributed by atoms with Crippen molar-refractivity contribution >= 4 is 6.03 Å². The number of nitrogens with zero attached hydrogens (tertiary/aromatic N) is 4. The molecule has 7 heteroatoms. The minimum atomic E-state index is -0.000527. The molecule has 1 aromatic heterocycles. The van der Waals surface area contributed by atoms with E-state index in [9.17, 15) is 9.59 Å². The average molecular weight is 361 g/mol. The summed E-state index contributed by atoms with van der Waals surface area (Å²) in [5, 5.41) is 7.78. The summed E-state index contributed by atoms with van der Waals surface area (Å²) in [6, 6.07) is 0.690. The molecule has 1 atom stereocenters. The highest BCUT2D eigenvalue weighted by molar-refractivity contribution is 5.74. The number of rotatable bonds is 3. The van der Waals surface area contributed by atoms with Crippen LogP contribution in [0, 0.1) is 0 Å². The maximum atomic E-state index is 12.7. The van der Waals surface area contributed by atoms with Crippen molar-refractivity contribution in [3.8, 4) is 0 Å². The molecule has 0 radical (unpaired) electrons. The van der Waals surface area contributed by atoms with E-state index in [1.807, 2.05) is 9.47 Å². The highest BCUT2D eigenvalue weighted by Gasteiger charge is 2.32. The van der Waals surface area contributed by atoms with Crippen molar-refractivity contribution in [3.63, 3.8) is 0 Å². The van der Waals surface area contributed by atoms with Gasteiger partial charge in [-0.3, -0.25) is 4.57 Å². The molecule has 1 aromatic rings. The molecule has 1 N–H and O–H groups in total. The topological polar surface area (TPSA) is 72.2 Å². The standard InChI is InChI=1S/C19H31N5O2/c1-22-19(26)24(16-10-4-5-11-16)17(21-22)14-7-6-12-23(13-14)18(25)20-15-8-2-3-9-15/h14-16H,2-13H2,1H3,(H,20,25). The van der Waals surface area contributed by atoms with E-state index in [0.717, 1.165) is 50.9 Å². The van der Waals surface area contributed by atoms with Gasteiger partial charge in [-0.05, 0) is 38.5 Å². The summed E-state index contributed by atoms with van der Waals surface area (Å²) >= 11 is 0. The van der Waals surface area contributed by atoms with Crippen molar-refractivity contribution in [2.24, 2.45) is 7.05 Å².